The van der Waals surface area contributed by atoms with Gasteiger partial charge in [-0.05, 0) is 12.1 Å². The number of benzene rings is 1. The lowest BCUT2D eigenvalue weighted by molar-refractivity contribution is -0.386. The highest BCUT2D eigenvalue weighted by Gasteiger charge is 2.20. The van der Waals surface area contributed by atoms with Gasteiger partial charge in [0, 0.05) is 11.6 Å². The van der Waals surface area contributed by atoms with E-state index in [1.54, 1.807) is 0 Å². The van der Waals surface area contributed by atoms with Crippen LogP contribution in [0.1, 0.15) is 5.01 Å². The minimum absolute atomic E-state index is 0.0221. The molecule has 0 fully saturated rings. The number of pyridine rings is 1. The van der Waals surface area contributed by atoms with Crippen molar-refractivity contribution in [2.24, 2.45) is 0 Å². The summed E-state index contributed by atoms with van der Waals surface area (Å²) in [5, 5.41) is 12.8. The Balaban J connectivity index is 1.83. The van der Waals surface area contributed by atoms with Gasteiger partial charge in [0.25, 0.3) is 0 Å². The first-order valence-corrected chi connectivity index (χ1v) is 8.02. The Bertz CT molecular complexity index is 931. The number of hydrogen-bond acceptors (Lipinski definition) is 6. The molecule has 128 valence electrons. The normalized spacial score (nSPS) is 10.7. The lowest BCUT2D eigenvalue weighted by Crippen LogP contribution is -2.00. The molecule has 1 aromatic carbocycles. The number of nitrogens with zero attached hydrogens (tertiary/aromatic N) is 3. The summed E-state index contributed by atoms with van der Waals surface area (Å²) in [4.78, 5) is 18.1. The van der Waals surface area contributed by atoms with Crippen LogP contribution in [0.2, 0.25) is 5.02 Å². The highest BCUT2D eigenvalue weighted by molar-refractivity contribution is 7.09. The number of hydrogen-bond donors (Lipinski definition) is 0. The number of aromatic nitrogens is 2. The molecule has 0 spiro atoms. The number of ether oxygens (including phenoxy) is 1. The fourth-order valence-electron chi connectivity index (χ4n) is 2.05. The second-order valence-corrected chi connectivity index (χ2v) is 6.09. The predicted octanol–water partition coefficient (Wildman–Crippen LogP) is 4.62. The van der Waals surface area contributed by atoms with Gasteiger partial charge < -0.3 is 4.74 Å². The van der Waals surface area contributed by atoms with Crippen LogP contribution in [0.25, 0.3) is 11.3 Å². The Labute approximate surface area is 148 Å². The Kier molecular flexibility index (Phi) is 4.86. The fourth-order valence-corrected chi connectivity index (χ4v) is 2.96. The number of halogens is 3. The molecule has 3 aromatic rings. The molecule has 0 bridgehead atoms. The van der Waals surface area contributed by atoms with E-state index < -0.39 is 16.6 Å². The van der Waals surface area contributed by atoms with E-state index in [1.807, 2.05) is 0 Å². The molecular formula is C15H8ClF2N3O3S. The van der Waals surface area contributed by atoms with Crippen LogP contribution in [0, 0.1) is 21.7 Å². The summed E-state index contributed by atoms with van der Waals surface area (Å²) < 4.78 is 32.9. The zero-order chi connectivity index (χ0) is 18.0. The zero-order valence-corrected chi connectivity index (χ0v) is 13.9. The Morgan fingerprint density at radius 3 is 2.68 bits per heavy atom. The van der Waals surface area contributed by atoms with E-state index >= 15 is 0 Å². The van der Waals surface area contributed by atoms with Crippen molar-refractivity contribution < 1.29 is 18.4 Å². The lowest BCUT2D eigenvalue weighted by Gasteiger charge is -2.06. The summed E-state index contributed by atoms with van der Waals surface area (Å²) in [6.07, 6.45) is 2.23. The molecule has 0 aliphatic carbocycles. The second kappa shape index (κ2) is 7.08. The van der Waals surface area contributed by atoms with Crippen LogP contribution < -0.4 is 4.74 Å². The van der Waals surface area contributed by atoms with E-state index in [0.717, 1.165) is 29.7 Å². The average Bonchev–Trinajstić information content (AvgIpc) is 3.01. The van der Waals surface area contributed by atoms with E-state index in [4.69, 9.17) is 16.3 Å². The van der Waals surface area contributed by atoms with Crippen molar-refractivity contribution in [1.29, 1.82) is 0 Å². The van der Waals surface area contributed by atoms with Gasteiger partial charge in [-0.15, -0.1) is 11.3 Å². The van der Waals surface area contributed by atoms with Crippen LogP contribution in [0.15, 0.2) is 36.0 Å². The topological polar surface area (TPSA) is 78.2 Å². The number of thiazole rings is 1. The van der Waals surface area contributed by atoms with Crippen molar-refractivity contribution in [2.45, 2.75) is 6.61 Å². The van der Waals surface area contributed by atoms with E-state index in [9.17, 15) is 18.9 Å². The van der Waals surface area contributed by atoms with Gasteiger partial charge in [-0.25, -0.2) is 13.8 Å². The van der Waals surface area contributed by atoms with E-state index in [2.05, 4.69) is 9.97 Å². The van der Waals surface area contributed by atoms with Crippen LogP contribution in [0.4, 0.5) is 14.5 Å². The molecule has 3 rings (SSSR count). The van der Waals surface area contributed by atoms with Gasteiger partial charge in [0.1, 0.15) is 34.5 Å². The van der Waals surface area contributed by atoms with Crippen LogP contribution in [0.5, 0.6) is 5.75 Å². The van der Waals surface area contributed by atoms with Crippen molar-refractivity contribution >= 4 is 28.6 Å². The van der Waals surface area contributed by atoms with Crippen LogP contribution in [-0.4, -0.2) is 14.9 Å². The maximum atomic E-state index is 13.8. The molecule has 0 N–H and O–H groups in total. The average molecular weight is 384 g/mol. The van der Waals surface area contributed by atoms with E-state index in [1.165, 1.54) is 17.6 Å². The van der Waals surface area contributed by atoms with Crippen molar-refractivity contribution in [1.82, 2.24) is 9.97 Å². The van der Waals surface area contributed by atoms with E-state index in [0.29, 0.717) is 5.01 Å². The second-order valence-electron chi connectivity index (χ2n) is 4.74. The third-order valence-corrected chi connectivity index (χ3v) is 4.23. The molecule has 0 aliphatic rings. The van der Waals surface area contributed by atoms with Crippen LogP contribution >= 0.6 is 22.9 Å². The van der Waals surface area contributed by atoms with Gasteiger partial charge in [-0.3, -0.25) is 15.1 Å². The molecule has 10 heteroatoms. The molecule has 6 nitrogen and oxygen atoms in total. The molecule has 0 aliphatic heterocycles. The third-order valence-electron chi connectivity index (χ3n) is 3.14. The van der Waals surface area contributed by atoms with E-state index in [-0.39, 0.29) is 34.3 Å². The summed E-state index contributed by atoms with van der Waals surface area (Å²) in [6.45, 7) is -0.148. The van der Waals surface area contributed by atoms with Crippen molar-refractivity contribution in [3.63, 3.8) is 0 Å². The van der Waals surface area contributed by atoms with Gasteiger partial charge in [0.05, 0.1) is 16.2 Å². The van der Waals surface area contributed by atoms with Gasteiger partial charge in [0.15, 0.2) is 0 Å². The molecule has 2 aromatic heterocycles. The zero-order valence-electron chi connectivity index (χ0n) is 12.3. The first-order chi connectivity index (χ1) is 12.0. The van der Waals surface area contributed by atoms with Gasteiger partial charge >= 0.3 is 5.69 Å². The summed E-state index contributed by atoms with van der Waals surface area (Å²) in [5.74, 6) is -1.60. The SMILES string of the molecule is O=[N+]([O-])c1cncc(Cl)c1OCc1nc(-c2c(F)cccc2F)cs1. The molecular weight excluding hydrogens is 376 g/mol. The fraction of sp³-hybridized carbons (Fsp3) is 0.0667. The summed E-state index contributed by atoms with van der Waals surface area (Å²) in [6, 6.07) is 3.52. The first-order valence-electron chi connectivity index (χ1n) is 6.77. The molecule has 0 atom stereocenters. The summed E-state index contributed by atoms with van der Waals surface area (Å²) >= 11 is 6.98. The number of rotatable bonds is 5. The quantitative estimate of drug-likeness (QED) is 0.474. The van der Waals surface area contributed by atoms with Crippen molar-refractivity contribution in [3.8, 4) is 17.0 Å². The molecule has 0 saturated heterocycles. The van der Waals surface area contributed by atoms with Crippen LogP contribution in [0.3, 0.4) is 0 Å². The van der Waals surface area contributed by atoms with Gasteiger partial charge in [-0.2, -0.15) is 0 Å². The first kappa shape index (κ1) is 17.2. The summed E-state index contributed by atoms with van der Waals surface area (Å²) in [5.41, 5.74) is -0.503. The van der Waals surface area contributed by atoms with Gasteiger partial charge in [-0.1, -0.05) is 17.7 Å². The van der Waals surface area contributed by atoms with Crippen LogP contribution in [-0.2, 0) is 6.61 Å². The number of nitro groups is 1. The smallest absolute Gasteiger partial charge is 0.330 e. The Morgan fingerprint density at radius 1 is 1.28 bits per heavy atom. The molecule has 0 saturated carbocycles. The predicted molar refractivity (Wildman–Crippen MR) is 87.7 cm³/mol. The lowest BCUT2D eigenvalue weighted by atomic mass is 10.1. The minimum atomic E-state index is -0.731. The summed E-state index contributed by atoms with van der Waals surface area (Å²) in [7, 11) is 0. The largest absolute Gasteiger partial charge is 0.478 e. The van der Waals surface area contributed by atoms with Gasteiger partial charge in [0.2, 0.25) is 5.75 Å². The maximum Gasteiger partial charge on any atom is 0.330 e. The molecule has 25 heavy (non-hydrogen) atoms. The molecule has 0 unspecified atom stereocenters. The van der Waals surface area contributed by atoms with Crippen molar-refractivity contribution in [2.75, 3.05) is 0 Å². The molecule has 0 radical (unpaired) electrons. The van der Waals surface area contributed by atoms with Crippen molar-refractivity contribution in [3.05, 3.63) is 67.8 Å². The maximum absolute atomic E-state index is 13.8. The minimum Gasteiger partial charge on any atom is -0.478 e. The molecule has 0 amide bonds. The highest BCUT2D eigenvalue weighted by atomic mass is 35.5. The monoisotopic (exact) mass is 383 g/mol. The standard InChI is InChI=1S/C15H8ClF2N3O3S/c16-8-4-19-5-12(21(22)23)15(8)24-6-13-20-11(7-25-13)14-9(17)2-1-3-10(14)18/h1-5,7H,6H2. The Hall–Kier alpha value is -2.65. The highest BCUT2D eigenvalue weighted by Crippen LogP contribution is 2.34. The Morgan fingerprint density at radius 2 is 2.00 bits per heavy atom. The third kappa shape index (κ3) is 3.57. The molecule has 2 heterocycles.